The molecule has 1 atom stereocenters. The number of aromatic amines is 2. The minimum atomic E-state index is -3.28. The van der Waals surface area contributed by atoms with Crippen LogP contribution in [-0.4, -0.2) is 119 Å². The van der Waals surface area contributed by atoms with Crippen LogP contribution in [0.4, 0.5) is 5.82 Å². The molecule has 3 N–H and O–H groups in total. The Hall–Kier alpha value is -4.80. The van der Waals surface area contributed by atoms with Crippen molar-refractivity contribution in [1.82, 2.24) is 34.5 Å². The van der Waals surface area contributed by atoms with Crippen molar-refractivity contribution in [2.45, 2.75) is 55.2 Å². The second kappa shape index (κ2) is 19.1. The van der Waals surface area contributed by atoms with Gasteiger partial charge in [-0.25, -0.2) is 31.5 Å². The minimum Gasteiger partial charge on any atom is -0.491 e. The lowest BCUT2D eigenvalue weighted by Gasteiger charge is -2.35. The fourth-order valence-electron chi connectivity index (χ4n) is 8.22. The number of sulfonamides is 1. The third kappa shape index (κ3) is 10.7. The highest BCUT2D eigenvalue weighted by molar-refractivity contribution is 7.91. The molecule has 0 unspecified atom stereocenters. The summed E-state index contributed by atoms with van der Waals surface area (Å²) in [5.74, 6) is 1.69. The van der Waals surface area contributed by atoms with Crippen LogP contribution in [0.5, 0.6) is 5.75 Å². The van der Waals surface area contributed by atoms with Crippen LogP contribution in [0.2, 0.25) is 0 Å². The molecular weight excluding hydrogens is 785 g/mol. The maximum absolute atomic E-state index is 12.5. The summed E-state index contributed by atoms with van der Waals surface area (Å²) in [5, 5.41) is 2.33. The van der Waals surface area contributed by atoms with E-state index in [0.29, 0.717) is 23.1 Å². The third-order valence-electron chi connectivity index (χ3n) is 11.7. The summed E-state index contributed by atoms with van der Waals surface area (Å²) in [6.45, 7) is 5.97. The molecule has 13 nitrogen and oxygen atoms in total. The van der Waals surface area contributed by atoms with Crippen molar-refractivity contribution in [2.24, 2.45) is 0 Å². The highest BCUT2D eigenvalue weighted by Crippen LogP contribution is 2.28. The number of aryl methyl sites for hydroxylation is 2. The first kappa shape index (κ1) is 42.3. The fraction of sp³-hybridized carbons (Fsp3) is 0.409. The molecule has 2 fully saturated rings. The van der Waals surface area contributed by atoms with E-state index in [0.717, 1.165) is 85.4 Å². The first-order chi connectivity index (χ1) is 28.5. The van der Waals surface area contributed by atoms with Crippen molar-refractivity contribution in [3.8, 4) is 5.75 Å². The number of fused-ring (bicyclic) bond motifs is 2. The van der Waals surface area contributed by atoms with Gasteiger partial charge in [0.2, 0.25) is 10.0 Å². The Labute approximate surface area is 348 Å². The van der Waals surface area contributed by atoms with Crippen LogP contribution < -0.4 is 14.4 Å². The van der Waals surface area contributed by atoms with Crippen LogP contribution in [0.3, 0.4) is 0 Å². The normalized spacial score (nSPS) is 16.7. The van der Waals surface area contributed by atoms with E-state index >= 15 is 0 Å². The standard InChI is InChI=1S/C22H30N6O3S.C22H26N2O2S/c1-23-32(29,30)15-17-5-6-20-19(12-17)18(13-25-20)4-3-7-27-8-10-28(11-9-27)22-21(31-2)14-24-16-26-22;1-24-12-5-6-19(24)15-18-16-23-22-10-9-17(14-21(18)22)11-13-27(25,26)20-7-3-2-4-8-20/h5-6,12-14,16,23,25H,3-4,7-11,15H2,1-2H3;2-4,7-10,14,16,19,23H,5-6,11-13,15H2,1H3/t;19-/m.1/s1. The van der Waals surface area contributed by atoms with Crippen molar-refractivity contribution >= 4 is 47.5 Å². The number of likely N-dealkylation sites (N-methyl/N-ethyl adjacent to an activating group) is 1. The van der Waals surface area contributed by atoms with Gasteiger partial charge in [-0.1, -0.05) is 30.3 Å². The Kier molecular flexibility index (Phi) is 13.7. The van der Waals surface area contributed by atoms with Gasteiger partial charge in [0.05, 0.1) is 29.7 Å². The highest BCUT2D eigenvalue weighted by Gasteiger charge is 2.23. The van der Waals surface area contributed by atoms with Crippen molar-refractivity contribution in [3.63, 3.8) is 0 Å². The molecule has 0 bridgehead atoms. The van der Waals surface area contributed by atoms with Gasteiger partial charge in [0.1, 0.15) is 6.33 Å². The number of aromatic nitrogens is 4. The van der Waals surface area contributed by atoms with Gasteiger partial charge in [0.25, 0.3) is 0 Å². The fourth-order valence-corrected chi connectivity index (χ4v) is 10.3. The van der Waals surface area contributed by atoms with E-state index in [9.17, 15) is 16.8 Å². The van der Waals surface area contributed by atoms with Gasteiger partial charge in [0.15, 0.2) is 21.4 Å². The third-order valence-corrected chi connectivity index (χ3v) is 14.8. The number of hydrogen-bond acceptors (Lipinski definition) is 10. The number of piperazine rings is 1. The molecule has 59 heavy (non-hydrogen) atoms. The van der Waals surface area contributed by atoms with Crippen LogP contribution in [0.1, 0.15) is 41.5 Å². The predicted molar refractivity (Wildman–Crippen MR) is 235 cm³/mol. The molecule has 8 rings (SSSR count). The molecule has 0 amide bonds. The Balaban J connectivity index is 0.000000181. The maximum atomic E-state index is 12.5. The Morgan fingerprint density at radius 2 is 1.54 bits per heavy atom. The van der Waals surface area contributed by atoms with Crippen molar-refractivity contribution in [3.05, 3.63) is 114 Å². The van der Waals surface area contributed by atoms with E-state index < -0.39 is 19.9 Å². The van der Waals surface area contributed by atoms with Crippen molar-refractivity contribution < 1.29 is 21.6 Å². The second-order valence-corrected chi connectivity index (χ2v) is 19.6. The Morgan fingerprint density at radius 1 is 0.847 bits per heavy atom. The zero-order valence-electron chi connectivity index (χ0n) is 34.2. The predicted octanol–water partition coefficient (Wildman–Crippen LogP) is 5.59. The summed E-state index contributed by atoms with van der Waals surface area (Å²) in [6.07, 6.45) is 13.5. The van der Waals surface area contributed by atoms with E-state index in [1.807, 2.05) is 36.5 Å². The molecule has 0 aliphatic carbocycles. The largest absolute Gasteiger partial charge is 0.491 e. The van der Waals surface area contributed by atoms with E-state index in [2.05, 4.69) is 64.7 Å². The topological polar surface area (TPSA) is 157 Å². The van der Waals surface area contributed by atoms with E-state index in [1.165, 1.54) is 42.9 Å². The number of nitrogens with zero attached hydrogens (tertiary/aromatic N) is 5. The number of nitrogens with one attached hydrogen (secondary N) is 3. The number of H-pyrrole nitrogens is 2. The lowest BCUT2D eigenvalue weighted by molar-refractivity contribution is 0.253. The lowest BCUT2D eigenvalue weighted by Crippen LogP contribution is -2.47. The van der Waals surface area contributed by atoms with Crippen LogP contribution in [0.15, 0.2) is 96.5 Å². The monoisotopic (exact) mass is 840 g/mol. The maximum Gasteiger partial charge on any atom is 0.215 e. The molecular formula is C44H56N8O5S2. The highest BCUT2D eigenvalue weighted by atomic mass is 32.2. The van der Waals surface area contributed by atoms with E-state index in [4.69, 9.17) is 4.74 Å². The number of benzene rings is 3. The zero-order chi connectivity index (χ0) is 41.4. The van der Waals surface area contributed by atoms with Gasteiger partial charge in [-0.3, -0.25) is 4.90 Å². The quantitative estimate of drug-likeness (QED) is 0.119. The van der Waals surface area contributed by atoms with Gasteiger partial charge >= 0.3 is 0 Å². The summed E-state index contributed by atoms with van der Waals surface area (Å²) in [7, 11) is -1.24. The molecule has 2 saturated heterocycles. The van der Waals surface area contributed by atoms with Gasteiger partial charge in [-0.2, -0.15) is 0 Å². The number of anilines is 1. The van der Waals surface area contributed by atoms with Crippen LogP contribution in [0.25, 0.3) is 21.8 Å². The number of hydrogen-bond donors (Lipinski definition) is 3. The van der Waals surface area contributed by atoms with Crippen molar-refractivity contribution in [2.75, 3.05) is 71.1 Å². The SMILES string of the molecule is CN1CCC[C@@H]1Cc1c[nH]c2ccc(CCS(=O)(=O)c3ccccc3)cc12.CNS(=O)(=O)Cc1ccc2[nH]cc(CCCN3CCN(c4ncncc4OC)CC3)c2c1. The number of sulfone groups is 1. The summed E-state index contributed by atoms with van der Waals surface area (Å²) in [6, 6.07) is 21.4. The molecule has 15 heteroatoms. The number of methoxy groups -OCH3 is 1. The first-order valence-electron chi connectivity index (χ1n) is 20.4. The molecule has 6 aromatic rings. The van der Waals surface area contributed by atoms with Crippen LogP contribution in [-0.2, 0) is 44.9 Å². The molecule has 2 aliphatic heterocycles. The summed E-state index contributed by atoms with van der Waals surface area (Å²) >= 11 is 0. The molecule has 0 saturated carbocycles. The van der Waals surface area contributed by atoms with Gasteiger partial charge in [-0.05, 0) is 124 Å². The van der Waals surface area contributed by atoms with Crippen LogP contribution in [0, 0.1) is 0 Å². The van der Waals surface area contributed by atoms with Gasteiger partial charge in [0, 0.05) is 66.4 Å². The average molecular weight is 841 g/mol. The number of rotatable bonds is 15. The summed E-state index contributed by atoms with van der Waals surface area (Å²) in [5.41, 5.74) is 6.59. The Morgan fingerprint density at radius 3 is 2.24 bits per heavy atom. The lowest BCUT2D eigenvalue weighted by atomic mass is 10.0. The first-order valence-corrected chi connectivity index (χ1v) is 23.7. The zero-order valence-corrected chi connectivity index (χ0v) is 35.9. The molecule has 3 aromatic carbocycles. The molecule has 314 valence electrons. The van der Waals surface area contributed by atoms with Crippen molar-refractivity contribution in [1.29, 1.82) is 0 Å². The molecule has 2 aliphatic rings. The van der Waals surface area contributed by atoms with Crippen LogP contribution >= 0.6 is 0 Å². The Bertz CT molecular complexity index is 2530. The number of ether oxygens (including phenoxy) is 1. The second-order valence-electron chi connectivity index (χ2n) is 15.6. The average Bonchev–Trinajstić information content (AvgIpc) is 3.98. The molecule has 0 spiro atoms. The molecule has 3 aromatic heterocycles. The van der Waals surface area contributed by atoms with E-state index in [-0.39, 0.29) is 11.5 Å². The van der Waals surface area contributed by atoms with Gasteiger partial charge in [-0.15, -0.1) is 0 Å². The number of likely N-dealkylation sites (tertiary alicyclic amines) is 1. The minimum absolute atomic E-state index is 0.00847. The summed E-state index contributed by atoms with van der Waals surface area (Å²) < 4.78 is 56.6. The van der Waals surface area contributed by atoms with Gasteiger partial charge < -0.3 is 24.5 Å². The smallest absolute Gasteiger partial charge is 0.215 e. The molecule has 0 radical (unpaired) electrons. The molecule has 5 heterocycles. The van der Waals surface area contributed by atoms with E-state index in [1.54, 1.807) is 43.9 Å². The summed E-state index contributed by atoms with van der Waals surface area (Å²) in [4.78, 5) is 22.7.